The minimum atomic E-state index is -0.418. The lowest BCUT2D eigenvalue weighted by molar-refractivity contribution is -0.118. The third-order valence-electron chi connectivity index (χ3n) is 5.71. The Balaban J connectivity index is 1.78. The minimum absolute atomic E-state index is 0.0937. The zero-order valence-electron chi connectivity index (χ0n) is 17.0. The van der Waals surface area contributed by atoms with Crippen LogP contribution in [0.2, 0.25) is 0 Å². The first kappa shape index (κ1) is 18.9. The molecule has 1 aromatic heterocycles. The van der Waals surface area contributed by atoms with Crippen molar-refractivity contribution in [2.24, 2.45) is 10.4 Å². The van der Waals surface area contributed by atoms with Crippen molar-refractivity contribution in [3.63, 3.8) is 0 Å². The summed E-state index contributed by atoms with van der Waals surface area (Å²) in [4.78, 5) is 32.2. The Morgan fingerprint density at radius 2 is 1.67 bits per heavy atom. The van der Waals surface area contributed by atoms with Gasteiger partial charge < -0.3 is 0 Å². The van der Waals surface area contributed by atoms with Gasteiger partial charge in [-0.2, -0.15) is 0 Å². The predicted molar refractivity (Wildman–Crippen MR) is 119 cm³/mol. The molecule has 0 fully saturated rings. The number of rotatable bonds is 2. The van der Waals surface area contributed by atoms with Gasteiger partial charge >= 0.3 is 0 Å². The van der Waals surface area contributed by atoms with Gasteiger partial charge in [0.1, 0.15) is 0 Å². The summed E-state index contributed by atoms with van der Waals surface area (Å²) in [5.74, 6) is 0.0937. The number of fused-ring (bicyclic) bond motifs is 1. The van der Waals surface area contributed by atoms with E-state index in [2.05, 4.69) is 13.8 Å². The summed E-state index contributed by atoms with van der Waals surface area (Å²) in [5, 5.41) is 0. The molecule has 3 aromatic rings. The highest BCUT2D eigenvalue weighted by Crippen LogP contribution is 2.43. The zero-order chi connectivity index (χ0) is 20.9. The molecule has 2 aromatic carbocycles. The lowest BCUT2D eigenvalue weighted by Crippen LogP contribution is -2.42. The molecule has 4 nitrogen and oxygen atoms in total. The van der Waals surface area contributed by atoms with E-state index in [9.17, 15) is 9.59 Å². The summed E-state index contributed by atoms with van der Waals surface area (Å²) in [5.41, 5.74) is 3.21. The Morgan fingerprint density at radius 1 is 1.00 bits per heavy atom. The monoisotopic (exact) mass is 414 g/mol. The Morgan fingerprint density at radius 3 is 2.37 bits per heavy atom. The number of carbonyl (C=O) groups excluding carboxylic acids is 1. The molecule has 2 aliphatic rings. The molecule has 30 heavy (non-hydrogen) atoms. The van der Waals surface area contributed by atoms with Crippen molar-refractivity contribution in [2.75, 3.05) is 0 Å². The topological polar surface area (TPSA) is 51.4 Å². The standard InChI is InChI=1S/C25H22N2O2S/c1-25(2)14-18-21(19(28)15-25)22(17-11-7-4-8-12-17)27-23(29)20(30-24(27)26-18)13-16-9-5-3-6-10-16/h3-13,22H,14-15H2,1-2H3. The molecule has 5 rings (SSSR count). The van der Waals surface area contributed by atoms with E-state index in [-0.39, 0.29) is 16.8 Å². The number of hydrogen-bond donors (Lipinski definition) is 0. The average molecular weight is 415 g/mol. The minimum Gasteiger partial charge on any atom is -0.294 e. The molecule has 0 bridgehead atoms. The molecular formula is C25H22N2O2S. The molecule has 1 atom stereocenters. The largest absolute Gasteiger partial charge is 0.294 e. The van der Waals surface area contributed by atoms with Crippen molar-refractivity contribution >= 4 is 23.2 Å². The highest BCUT2D eigenvalue weighted by Gasteiger charge is 2.40. The average Bonchev–Trinajstić information content (AvgIpc) is 3.02. The highest BCUT2D eigenvalue weighted by molar-refractivity contribution is 7.07. The number of hydrogen-bond acceptors (Lipinski definition) is 4. The van der Waals surface area contributed by atoms with Crippen LogP contribution in [-0.2, 0) is 4.79 Å². The molecule has 1 aliphatic carbocycles. The summed E-state index contributed by atoms with van der Waals surface area (Å²) in [6.07, 6.45) is 3.11. The summed E-state index contributed by atoms with van der Waals surface area (Å²) in [6.45, 7) is 4.21. The van der Waals surface area contributed by atoms with Crippen LogP contribution in [0.5, 0.6) is 0 Å². The van der Waals surface area contributed by atoms with Crippen LogP contribution in [0, 0.1) is 5.41 Å². The number of carbonyl (C=O) groups is 1. The van der Waals surface area contributed by atoms with Crippen LogP contribution < -0.4 is 14.9 Å². The molecule has 150 valence electrons. The zero-order valence-corrected chi connectivity index (χ0v) is 17.8. The molecule has 0 amide bonds. The first-order valence-electron chi connectivity index (χ1n) is 10.1. The van der Waals surface area contributed by atoms with Gasteiger partial charge in [0, 0.05) is 12.0 Å². The van der Waals surface area contributed by atoms with E-state index in [0.29, 0.717) is 21.3 Å². The lowest BCUT2D eigenvalue weighted by Gasteiger charge is -2.35. The highest BCUT2D eigenvalue weighted by atomic mass is 32.1. The van der Waals surface area contributed by atoms with Gasteiger partial charge in [-0.15, -0.1) is 0 Å². The number of ketones is 1. The van der Waals surface area contributed by atoms with E-state index >= 15 is 0 Å². The summed E-state index contributed by atoms with van der Waals surface area (Å²) in [6, 6.07) is 19.2. The molecule has 0 radical (unpaired) electrons. The van der Waals surface area contributed by atoms with Crippen LogP contribution in [0.25, 0.3) is 6.08 Å². The van der Waals surface area contributed by atoms with Crippen molar-refractivity contribution < 1.29 is 4.79 Å². The fourth-order valence-electron chi connectivity index (χ4n) is 4.40. The molecule has 0 saturated carbocycles. The third-order valence-corrected chi connectivity index (χ3v) is 6.69. The molecule has 2 heterocycles. The first-order valence-corrected chi connectivity index (χ1v) is 10.9. The fourth-order valence-corrected chi connectivity index (χ4v) is 5.42. The van der Waals surface area contributed by atoms with E-state index in [0.717, 1.165) is 23.2 Å². The summed E-state index contributed by atoms with van der Waals surface area (Å²) in [7, 11) is 0. The van der Waals surface area contributed by atoms with E-state index in [1.165, 1.54) is 11.3 Å². The van der Waals surface area contributed by atoms with Crippen LogP contribution in [0.3, 0.4) is 0 Å². The Kier molecular flexibility index (Phi) is 4.44. The molecular weight excluding hydrogens is 392 g/mol. The molecule has 0 N–H and O–H groups in total. The normalized spacial score (nSPS) is 20.5. The predicted octanol–water partition coefficient (Wildman–Crippen LogP) is 3.60. The molecule has 1 aliphatic heterocycles. The number of allylic oxidation sites excluding steroid dienone is 2. The second-order valence-electron chi connectivity index (χ2n) is 8.71. The van der Waals surface area contributed by atoms with Gasteiger partial charge in [-0.1, -0.05) is 85.8 Å². The van der Waals surface area contributed by atoms with Crippen LogP contribution in [0.4, 0.5) is 0 Å². The number of thiazole rings is 1. The number of Topliss-reactive ketones (excluding diaryl/α,β-unsaturated/α-hetero) is 1. The van der Waals surface area contributed by atoms with Crippen molar-refractivity contribution in [3.8, 4) is 0 Å². The first-order chi connectivity index (χ1) is 14.4. The lowest BCUT2D eigenvalue weighted by atomic mass is 9.73. The van der Waals surface area contributed by atoms with Crippen molar-refractivity contribution in [1.82, 2.24) is 4.57 Å². The molecule has 0 spiro atoms. The second kappa shape index (κ2) is 7.03. The smallest absolute Gasteiger partial charge is 0.271 e. The summed E-state index contributed by atoms with van der Waals surface area (Å²) >= 11 is 1.40. The third kappa shape index (κ3) is 3.19. The summed E-state index contributed by atoms with van der Waals surface area (Å²) < 4.78 is 2.34. The number of nitrogens with zero attached hydrogens (tertiary/aromatic N) is 2. The van der Waals surface area contributed by atoms with E-state index in [1.54, 1.807) is 4.57 Å². The van der Waals surface area contributed by atoms with Gasteiger partial charge in [0.25, 0.3) is 5.56 Å². The van der Waals surface area contributed by atoms with E-state index in [1.807, 2.05) is 66.7 Å². The van der Waals surface area contributed by atoms with Gasteiger partial charge in [-0.3, -0.25) is 14.2 Å². The van der Waals surface area contributed by atoms with Gasteiger partial charge in [-0.05, 0) is 29.0 Å². The maximum Gasteiger partial charge on any atom is 0.271 e. The SMILES string of the molecule is CC1(C)CC(=O)C2=C(C1)N=c1sc(=Cc3ccccc3)c(=O)n1C2c1ccccc1. The Hall–Kier alpha value is -3.05. The van der Waals surface area contributed by atoms with E-state index < -0.39 is 6.04 Å². The number of benzene rings is 2. The Bertz CT molecular complexity index is 1350. The van der Waals surface area contributed by atoms with Crippen LogP contribution in [0.15, 0.2) is 81.7 Å². The van der Waals surface area contributed by atoms with Crippen molar-refractivity contribution in [3.05, 3.63) is 103 Å². The van der Waals surface area contributed by atoms with Crippen LogP contribution in [-0.4, -0.2) is 10.4 Å². The Labute approximate surface area is 178 Å². The maximum atomic E-state index is 13.5. The number of aromatic nitrogens is 1. The second-order valence-corrected chi connectivity index (χ2v) is 9.71. The van der Waals surface area contributed by atoms with Gasteiger partial charge in [-0.25, -0.2) is 4.99 Å². The van der Waals surface area contributed by atoms with Crippen molar-refractivity contribution in [1.29, 1.82) is 0 Å². The van der Waals surface area contributed by atoms with Gasteiger partial charge in [0.15, 0.2) is 10.6 Å². The quantitative estimate of drug-likeness (QED) is 0.643. The van der Waals surface area contributed by atoms with Gasteiger partial charge in [0.2, 0.25) is 0 Å². The molecule has 5 heteroatoms. The van der Waals surface area contributed by atoms with Crippen LogP contribution >= 0.6 is 11.3 Å². The van der Waals surface area contributed by atoms with Crippen molar-refractivity contribution in [2.45, 2.75) is 32.7 Å². The van der Waals surface area contributed by atoms with Crippen LogP contribution in [0.1, 0.15) is 43.9 Å². The van der Waals surface area contributed by atoms with E-state index in [4.69, 9.17) is 4.99 Å². The van der Waals surface area contributed by atoms with Gasteiger partial charge in [0.05, 0.1) is 16.3 Å². The molecule has 0 saturated heterocycles. The molecule has 1 unspecified atom stereocenters. The fraction of sp³-hybridized carbons (Fsp3) is 0.240. The maximum absolute atomic E-state index is 13.5.